The first-order chi connectivity index (χ1) is 12.2. The zero-order chi connectivity index (χ0) is 17.7. The van der Waals surface area contributed by atoms with Crippen LogP contribution >= 0.6 is 0 Å². The summed E-state index contributed by atoms with van der Waals surface area (Å²) in [6.07, 6.45) is 4.57. The summed E-state index contributed by atoms with van der Waals surface area (Å²) >= 11 is 0. The fourth-order valence-electron chi connectivity index (χ4n) is 2.74. The molecule has 5 nitrogen and oxygen atoms in total. The summed E-state index contributed by atoms with van der Waals surface area (Å²) in [6.45, 7) is 0. The first kappa shape index (κ1) is 16.5. The maximum Gasteiger partial charge on any atom is 0.258 e. The molecule has 1 amide bonds. The maximum absolute atomic E-state index is 12.6. The number of carbonyl (C=O) groups is 1. The van der Waals surface area contributed by atoms with Gasteiger partial charge in [-0.15, -0.1) is 0 Å². The van der Waals surface area contributed by atoms with Crippen molar-refractivity contribution in [3.63, 3.8) is 0 Å². The maximum atomic E-state index is 12.6. The molecule has 3 N–H and O–H groups in total. The lowest BCUT2D eigenvalue weighted by Crippen LogP contribution is -2.23. The number of anilines is 1. The predicted octanol–water partition coefficient (Wildman–Crippen LogP) is 3.10. The van der Waals surface area contributed by atoms with E-state index in [2.05, 4.69) is 16.4 Å². The Morgan fingerprint density at radius 1 is 1.16 bits per heavy atom. The van der Waals surface area contributed by atoms with Crippen LogP contribution in [0.3, 0.4) is 0 Å². The van der Waals surface area contributed by atoms with Crippen molar-refractivity contribution in [2.75, 3.05) is 5.32 Å². The molecule has 2 aromatic rings. The number of nitriles is 1. The summed E-state index contributed by atoms with van der Waals surface area (Å²) in [5.74, 6) is -0.161. The SMILES string of the molecule is N#Cc1ccccc1C1(C(=O)N=C(N)/C=C\Nc2ccccc2)CC1. The molecule has 0 atom stereocenters. The Labute approximate surface area is 146 Å². The lowest BCUT2D eigenvalue weighted by molar-refractivity contribution is -0.120. The minimum Gasteiger partial charge on any atom is -0.384 e. The number of carbonyl (C=O) groups excluding carboxylic acids is 1. The van der Waals surface area contributed by atoms with Gasteiger partial charge in [-0.1, -0.05) is 36.4 Å². The van der Waals surface area contributed by atoms with Gasteiger partial charge in [0.25, 0.3) is 5.91 Å². The molecule has 0 saturated heterocycles. The van der Waals surface area contributed by atoms with Crippen molar-refractivity contribution in [1.82, 2.24) is 0 Å². The second-order valence-electron chi connectivity index (χ2n) is 5.93. The highest BCUT2D eigenvalue weighted by molar-refractivity contribution is 6.04. The highest BCUT2D eigenvalue weighted by Crippen LogP contribution is 2.50. The van der Waals surface area contributed by atoms with E-state index in [1.807, 2.05) is 42.5 Å². The largest absolute Gasteiger partial charge is 0.384 e. The molecule has 0 unspecified atom stereocenters. The Bertz CT molecular complexity index is 874. The smallest absolute Gasteiger partial charge is 0.258 e. The number of hydrogen-bond donors (Lipinski definition) is 2. The van der Waals surface area contributed by atoms with Crippen LogP contribution in [0.1, 0.15) is 24.0 Å². The monoisotopic (exact) mass is 330 g/mol. The number of nitrogens with zero attached hydrogens (tertiary/aromatic N) is 2. The Morgan fingerprint density at radius 3 is 2.52 bits per heavy atom. The summed E-state index contributed by atoms with van der Waals surface area (Å²) in [6, 6.07) is 18.9. The van der Waals surface area contributed by atoms with E-state index >= 15 is 0 Å². The minimum atomic E-state index is -0.697. The van der Waals surface area contributed by atoms with Gasteiger partial charge in [-0.05, 0) is 42.7 Å². The summed E-state index contributed by atoms with van der Waals surface area (Å²) in [5, 5.41) is 12.3. The van der Waals surface area contributed by atoms with E-state index in [1.54, 1.807) is 24.4 Å². The van der Waals surface area contributed by atoms with Gasteiger partial charge >= 0.3 is 0 Å². The van der Waals surface area contributed by atoms with Crippen LogP contribution in [0.25, 0.3) is 0 Å². The first-order valence-electron chi connectivity index (χ1n) is 8.02. The summed E-state index contributed by atoms with van der Waals surface area (Å²) in [4.78, 5) is 16.6. The fourth-order valence-corrected chi connectivity index (χ4v) is 2.74. The van der Waals surface area contributed by atoms with Gasteiger partial charge in [0.15, 0.2) is 0 Å². The van der Waals surface area contributed by atoms with Gasteiger partial charge in [-0.3, -0.25) is 4.79 Å². The van der Waals surface area contributed by atoms with Gasteiger partial charge < -0.3 is 11.1 Å². The summed E-state index contributed by atoms with van der Waals surface area (Å²) < 4.78 is 0. The average Bonchev–Trinajstić information content (AvgIpc) is 3.44. The molecule has 1 aliphatic rings. The van der Waals surface area contributed by atoms with Crippen molar-refractivity contribution in [3.8, 4) is 6.07 Å². The molecule has 25 heavy (non-hydrogen) atoms. The van der Waals surface area contributed by atoms with Gasteiger partial charge in [-0.25, -0.2) is 0 Å². The van der Waals surface area contributed by atoms with Crippen molar-refractivity contribution < 1.29 is 4.79 Å². The number of para-hydroxylation sites is 1. The van der Waals surface area contributed by atoms with Gasteiger partial charge in [0, 0.05) is 11.9 Å². The second-order valence-corrected chi connectivity index (χ2v) is 5.93. The summed E-state index contributed by atoms with van der Waals surface area (Å²) in [7, 11) is 0. The predicted molar refractivity (Wildman–Crippen MR) is 97.9 cm³/mol. The Hall–Kier alpha value is -3.39. The molecule has 3 rings (SSSR count). The number of nitrogens with two attached hydrogens (primary N) is 1. The van der Waals surface area contributed by atoms with E-state index in [4.69, 9.17) is 5.73 Å². The van der Waals surface area contributed by atoms with E-state index in [1.165, 1.54) is 0 Å². The van der Waals surface area contributed by atoms with Gasteiger partial charge in [0.05, 0.1) is 17.0 Å². The standard InChI is InChI=1S/C20H18N4O/c21-14-15-6-4-5-9-17(15)20(11-12-20)19(25)24-18(22)10-13-23-16-7-2-1-3-8-16/h1-10,13,23H,11-12H2,(H2,22,24,25)/b13-10-. The van der Waals surface area contributed by atoms with Crippen molar-refractivity contribution in [2.24, 2.45) is 10.7 Å². The van der Waals surface area contributed by atoms with E-state index < -0.39 is 5.41 Å². The molecular weight excluding hydrogens is 312 g/mol. The molecule has 0 bridgehead atoms. The average molecular weight is 330 g/mol. The van der Waals surface area contributed by atoms with E-state index in [0.717, 1.165) is 11.3 Å². The lowest BCUT2D eigenvalue weighted by atomic mass is 9.91. The number of aliphatic imine (C=N–C) groups is 1. The third kappa shape index (κ3) is 3.59. The minimum absolute atomic E-state index is 0.133. The Morgan fingerprint density at radius 2 is 1.84 bits per heavy atom. The molecule has 0 radical (unpaired) electrons. The Balaban J connectivity index is 1.72. The second kappa shape index (κ2) is 7.02. The van der Waals surface area contributed by atoms with Crippen LogP contribution < -0.4 is 11.1 Å². The Kier molecular flexibility index (Phi) is 4.62. The first-order valence-corrected chi connectivity index (χ1v) is 8.02. The molecule has 0 spiro atoms. The van der Waals surface area contributed by atoms with Crippen molar-refractivity contribution in [1.29, 1.82) is 5.26 Å². The zero-order valence-corrected chi connectivity index (χ0v) is 13.6. The third-order valence-electron chi connectivity index (χ3n) is 4.23. The molecule has 124 valence electrons. The van der Waals surface area contributed by atoms with Crippen LogP contribution in [0, 0.1) is 11.3 Å². The third-order valence-corrected chi connectivity index (χ3v) is 4.23. The normalized spacial score (nSPS) is 15.6. The van der Waals surface area contributed by atoms with E-state index in [0.29, 0.717) is 18.4 Å². The quantitative estimate of drug-likeness (QED) is 0.651. The molecular formula is C20H18N4O. The fraction of sp³-hybridized carbons (Fsp3) is 0.150. The van der Waals surface area contributed by atoms with Crippen LogP contribution in [-0.2, 0) is 10.2 Å². The van der Waals surface area contributed by atoms with Crippen molar-refractivity contribution >= 4 is 17.4 Å². The molecule has 5 heteroatoms. The van der Waals surface area contributed by atoms with Crippen LogP contribution in [-0.4, -0.2) is 11.7 Å². The van der Waals surface area contributed by atoms with Crippen LogP contribution in [0.2, 0.25) is 0 Å². The topological polar surface area (TPSA) is 91.3 Å². The number of nitrogens with one attached hydrogen (secondary N) is 1. The molecule has 0 aromatic heterocycles. The van der Waals surface area contributed by atoms with Gasteiger partial charge in [-0.2, -0.15) is 10.3 Å². The molecule has 1 fully saturated rings. The number of rotatable bonds is 5. The van der Waals surface area contributed by atoms with Gasteiger partial charge in [0.2, 0.25) is 0 Å². The zero-order valence-electron chi connectivity index (χ0n) is 13.6. The molecule has 0 aliphatic heterocycles. The number of amides is 1. The van der Waals surface area contributed by atoms with Crippen LogP contribution in [0.5, 0.6) is 0 Å². The molecule has 2 aromatic carbocycles. The highest BCUT2D eigenvalue weighted by Gasteiger charge is 2.52. The molecule has 0 heterocycles. The number of amidine groups is 1. The van der Waals surface area contributed by atoms with Crippen molar-refractivity contribution in [2.45, 2.75) is 18.3 Å². The van der Waals surface area contributed by atoms with E-state index in [9.17, 15) is 10.1 Å². The van der Waals surface area contributed by atoms with Crippen molar-refractivity contribution in [3.05, 3.63) is 78.0 Å². The summed E-state index contributed by atoms with van der Waals surface area (Å²) in [5.41, 5.74) is 7.33. The van der Waals surface area contributed by atoms with Gasteiger partial charge in [0.1, 0.15) is 5.84 Å². The highest BCUT2D eigenvalue weighted by atomic mass is 16.1. The lowest BCUT2D eigenvalue weighted by Gasteiger charge is -2.13. The molecule has 1 aliphatic carbocycles. The van der Waals surface area contributed by atoms with E-state index in [-0.39, 0.29) is 11.7 Å². The molecule has 1 saturated carbocycles. The van der Waals surface area contributed by atoms with Crippen LogP contribution in [0.4, 0.5) is 5.69 Å². The number of hydrogen-bond acceptors (Lipinski definition) is 3. The number of benzene rings is 2. The van der Waals surface area contributed by atoms with Crippen LogP contribution in [0.15, 0.2) is 71.9 Å².